The molecule has 0 amide bonds. The van der Waals surface area contributed by atoms with Gasteiger partial charge in [-0.1, -0.05) is 42.0 Å². The zero-order chi connectivity index (χ0) is 16.1. The van der Waals surface area contributed by atoms with E-state index in [1.807, 2.05) is 55.5 Å². The van der Waals surface area contributed by atoms with Crippen LogP contribution in [0.3, 0.4) is 0 Å². The number of hydrogen-bond donors (Lipinski definition) is 0. The molecule has 114 valence electrons. The van der Waals surface area contributed by atoms with Gasteiger partial charge >= 0.3 is 5.97 Å². The van der Waals surface area contributed by atoms with Gasteiger partial charge in [0, 0.05) is 6.08 Å². The fourth-order valence-corrected chi connectivity index (χ4v) is 2.09. The Bertz CT molecular complexity index is 855. The summed E-state index contributed by atoms with van der Waals surface area (Å²) in [5, 5.41) is 0. The molecule has 0 aliphatic heterocycles. The molecule has 3 aromatic rings. The molecular weight excluding hydrogens is 288 g/mol. The van der Waals surface area contributed by atoms with Crippen molar-refractivity contribution < 1.29 is 9.53 Å². The van der Waals surface area contributed by atoms with Gasteiger partial charge in [-0.05, 0) is 30.7 Å². The van der Waals surface area contributed by atoms with Crippen molar-refractivity contribution in [3.63, 3.8) is 0 Å². The summed E-state index contributed by atoms with van der Waals surface area (Å²) in [5.74, 6) is -0.402. The second-order valence-electron chi connectivity index (χ2n) is 5.21. The van der Waals surface area contributed by atoms with Gasteiger partial charge in [0.25, 0.3) is 0 Å². The minimum Gasteiger partial charge on any atom is -0.458 e. The normalized spacial score (nSPS) is 11.0. The number of aryl methyl sites for hydroxylation is 1. The van der Waals surface area contributed by atoms with Gasteiger partial charge in [0.1, 0.15) is 6.61 Å². The van der Waals surface area contributed by atoms with Crippen LogP contribution in [0, 0.1) is 6.92 Å². The highest BCUT2D eigenvalue weighted by Gasteiger charge is 2.00. The van der Waals surface area contributed by atoms with Gasteiger partial charge in [0.05, 0.1) is 22.9 Å². The molecule has 1 heterocycles. The van der Waals surface area contributed by atoms with Gasteiger partial charge in [0.2, 0.25) is 0 Å². The smallest absolute Gasteiger partial charge is 0.331 e. The number of carbonyl (C=O) groups excluding carboxylic acids is 1. The van der Waals surface area contributed by atoms with Crippen molar-refractivity contribution >= 4 is 23.1 Å². The lowest BCUT2D eigenvalue weighted by atomic mass is 10.2. The Hall–Kier alpha value is -3.01. The van der Waals surface area contributed by atoms with Crippen LogP contribution in [-0.4, -0.2) is 15.9 Å². The number of benzene rings is 2. The number of para-hydroxylation sites is 2. The first-order valence-electron chi connectivity index (χ1n) is 7.33. The Morgan fingerprint density at radius 1 is 1.09 bits per heavy atom. The highest BCUT2D eigenvalue weighted by Crippen LogP contribution is 2.09. The highest BCUT2D eigenvalue weighted by atomic mass is 16.5. The lowest BCUT2D eigenvalue weighted by molar-refractivity contribution is -0.138. The van der Waals surface area contributed by atoms with E-state index in [2.05, 4.69) is 9.97 Å². The molecule has 0 saturated carbocycles. The Morgan fingerprint density at radius 3 is 2.61 bits per heavy atom. The molecule has 3 rings (SSSR count). The molecule has 0 bridgehead atoms. The summed E-state index contributed by atoms with van der Waals surface area (Å²) in [5.41, 5.74) is 4.38. The first-order valence-corrected chi connectivity index (χ1v) is 7.33. The molecule has 0 unspecified atom stereocenters. The zero-order valence-electron chi connectivity index (χ0n) is 12.8. The third-order valence-electron chi connectivity index (χ3n) is 3.36. The van der Waals surface area contributed by atoms with E-state index >= 15 is 0 Å². The van der Waals surface area contributed by atoms with E-state index < -0.39 is 5.97 Å². The molecule has 0 fully saturated rings. The van der Waals surface area contributed by atoms with E-state index in [0.717, 1.165) is 16.6 Å². The van der Waals surface area contributed by atoms with Gasteiger partial charge in [0.15, 0.2) is 0 Å². The maximum absolute atomic E-state index is 11.8. The summed E-state index contributed by atoms with van der Waals surface area (Å²) in [6.07, 6.45) is 4.61. The van der Waals surface area contributed by atoms with E-state index in [9.17, 15) is 4.79 Å². The van der Waals surface area contributed by atoms with Crippen molar-refractivity contribution in [3.8, 4) is 0 Å². The molecule has 0 radical (unpaired) electrons. The summed E-state index contributed by atoms with van der Waals surface area (Å²) >= 11 is 0. The van der Waals surface area contributed by atoms with Gasteiger partial charge < -0.3 is 4.74 Å². The minimum atomic E-state index is -0.402. The number of rotatable bonds is 4. The Labute approximate surface area is 134 Å². The molecule has 4 nitrogen and oxygen atoms in total. The van der Waals surface area contributed by atoms with Crippen LogP contribution < -0.4 is 0 Å². The van der Waals surface area contributed by atoms with E-state index in [1.54, 1.807) is 12.3 Å². The quantitative estimate of drug-likeness (QED) is 0.545. The summed E-state index contributed by atoms with van der Waals surface area (Å²) in [7, 11) is 0. The van der Waals surface area contributed by atoms with Crippen molar-refractivity contribution in [2.45, 2.75) is 13.5 Å². The van der Waals surface area contributed by atoms with Crippen LogP contribution in [-0.2, 0) is 16.1 Å². The fourth-order valence-electron chi connectivity index (χ4n) is 2.09. The Morgan fingerprint density at radius 2 is 1.83 bits per heavy atom. The molecule has 4 heteroatoms. The summed E-state index contributed by atoms with van der Waals surface area (Å²) in [4.78, 5) is 20.5. The van der Waals surface area contributed by atoms with Gasteiger partial charge in [-0.2, -0.15) is 0 Å². The second kappa shape index (κ2) is 6.83. The maximum atomic E-state index is 11.8. The van der Waals surface area contributed by atoms with Gasteiger partial charge in [-0.3, -0.25) is 4.98 Å². The third-order valence-corrected chi connectivity index (χ3v) is 3.36. The number of carbonyl (C=O) groups is 1. The van der Waals surface area contributed by atoms with Crippen molar-refractivity contribution in [2.24, 2.45) is 0 Å². The van der Waals surface area contributed by atoms with Crippen LogP contribution in [0.2, 0.25) is 0 Å². The molecule has 0 atom stereocenters. The Kier molecular flexibility index (Phi) is 4.43. The number of aromatic nitrogens is 2. The number of nitrogens with zero attached hydrogens (tertiary/aromatic N) is 2. The van der Waals surface area contributed by atoms with Crippen molar-refractivity contribution in [1.29, 1.82) is 0 Å². The van der Waals surface area contributed by atoms with Crippen LogP contribution in [0.1, 0.15) is 16.8 Å². The first kappa shape index (κ1) is 14.9. The van der Waals surface area contributed by atoms with E-state index in [1.165, 1.54) is 11.6 Å². The van der Waals surface area contributed by atoms with Crippen molar-refractivity contribution in [1.82, 2.24) is 9.97 Å². The monoisotopic (exact) mass is 304 g/mol. The molecule has 0 N–H and O–H groups in total. The number of hydrogen-bond acceptors (Lipinski definition) is 4. The van der Waals surface area contributed by atoms with E-state index in [-0.39, 0.29) is 6.61 Å². The van der Waals surface area contributed by atoms with Crippen LogP contribution in [0.5, 0.6) is 0 Å². The largest absolute Gasteiger partial charge is 0.458 e. The number of ether oxygens (including phenoxy) is 1. The number of fused-ring (bicyclic) bond motifs is 1. The molecule has 0 spiro atoms. The van der Waals surface area contributed by atoms with Gasteiger partial charge in [-0.15, -0.1) is 0 Å². The fraction of sp³-hybridized carbons (Fsp3) is 0.105. The van der Waals surface area contributed by atoms with Crippen LogP contribution in [0.25, 0.3) is 17.1 Å². The zero-order valence-corrected chi connectivity index (χ0v) is 12.8. The minimum absolute atomic E-state index is 0.257. The number of esters is 1. The Balaban J connectivity index is 1.61. The summed E-state index contributed by atoms with van der Waals surface area (Å²) in [6, 6.07) is 15.5. The van der Waals surface area contributed by atoms with E-state index in [4.69, 9.17) is 4.74 Å². The SMILES string of the molecule is Cc1ccc(COC(=O)/C=C/c2cnc3ccccc3n2)cc1. The predicted molar refractivity (Wildman–Crippen MR) is 89.5 cm³/mol. The van der Waals surface area contributed by atoms with Crippen molar-refractivity contribution in [2.75, 3.05) is 0 Å². The van der Waals surface area contributed by atoms with Crippen LogP contribution in [0.4, 0.5) is 0 Å². The first-order chi connectivity index (χ1) is 11.2. The van der Waals surface area contributed by atoms with E-state index in [0.29, 0.717) is 5.69 Å². The van der Waals surface area contributed by atoms with Crippen molar-refractivity contribution in [3.05, 3.63) is 77.6 Å². The lowest BCUT2D eigenvalue weighted by Gasteiger charge is -2.02. The molecule has 23 heavy (non-hydrogen) atoms. The van der Waals surface area contributed by atoms with Crippen LogP contribution in [0.15, 0.2) is 60.8 Å². The lowest BCUT2D eigenvalue weighted by Crippen LogP contribution is -2.00. The molecular formula is C19H16N2O2. The maximum Gasteiger partial charge on any atom is 0.331 e. The molecule has 0 aliphatic carbocycles. The summed E-state index contributed by atoms with van der Waals surface area (Å²) in [6.45, 7) is 2.27. The molecule has 2 aromatic carbocycles. The molecule has 0 saturated heterocycles. The summed E-state index contributed by atoms with van der Waals surface area (Å²) < 4.78 is 5.20. The highest BCUT2D eigenvalue weighted by molar-refractivity contribution is 5.87. The topological polar surface area (TPSA) is 52.1 Å². The molecule has 0 aliphatic rings. The average molecular weight is 304 g/mol. The second-order valence-corrected chi connectivity index (χ2v) is 5.21. The standard InChI is InChI=1S/C19H16N2O2/c1-14-6-8-15(9-7-14)13-23-19(22)11-10-16-12-20-17-4-2-3-5-18(17)21-16/h2-12H,13H2,1H3/b11-10+. The van der Waals surface area contributed by atoms with Crippen LogP contribution >= 0.6 is 0 Å². The average Bonchev–Trinajstić information content (AvgIpc) is 2.59. The molecule has 1 aromatic heterocycles. The third kappa shape index (κ3) is 4.01. The predicted octanol–water partition coefficient (Wildman–Crippen LogP) is 3.69. The van der Waals surface area contributed by atoms with Gasteiger partial charge in [-0.25, -0.2) is 9.78 Å².